The van der Waals surface area contributed by atoms with Gasteiger partial charge in [0.05, 0.1) is 23.6 Å². The molecule has 0 heterocycles. The SMILES string of the molecule is C=C1C(C#N)=CC2(C)C3=CC(=O)C4C(CCC5(C(=O)NCC(=O)NCCCC)CCC(C)(C)CC45)C3(C)CCC2C1C. The van der Waals surface area contributed by atoms with Gasteiger partial charge in [-0.15, -0.1) is 0 Å². The molecule has 0 bridgehead atoms. The Morgan fingerprint density at radius 2 is 1.76 bits per heavy atom. The molecule has 0 aromatic rings. The van der Waals surface area contributed by atoms with Gasteiger partial charge in [-0.3, -0.25) is 14.4 Å². The van der Waals surface area contributed by atoms with Gasteiger partial charge in [0.15, 0.2) is 5.78 Å². The van der Waals surface area contributed by atoms with Crippen LogP contribution in [0.3, 0.4) is 0 Å². The first-order valence-electron chi connectivity index (χ1n) is 16.4. The minimum absolute atomic E-state index is 0.0129. The fourth-order valence-electron chi connectivity index (χ4n) is 10.2. The smallest absolute Gasteiger partial charge is 0.239 e. The molecule has 0 radical (unpaired) electrons. The van der Waals surface area contributed by atoms with Crippen LogP contribution in [-0.2, 0) is 14.4 Å². The third-order valence-corrected chi connectivity index (χ3v) is 12.7. The van der Waals surface area contributed by atoms with Gasteiger partial charge in [-0.05, 0) is 97.5 Å². The predicted octanol–water partition coefficient (Wildman–Crippen LogP) is 6.45. The Hall–Kier alpha value is -2.68. The van der Waals surface area contributed by atoms with Crippen LogP contribution in [0.15, 0.2) is 35.5 Å². The lowest BCUT2D eigenvalue weighted by atomic mass is 9.39. The zero-order chi connectivity index (χ0) is 30.7. The summed E-state index contributed by atoms with van der Waals surface area (Å²) >= 11 is 0. The van der Waals surface area contributed by atoms with Gasteiger partial charge in [0, 0.05) is 17.9 Å². The number of ketones is 1. The molecule has 0 aliphatic heterocycles. The molecule has 2 amide bonds. The molecule has 6 nitrogen and oxygen atoms in total. The van der Waals surface area contributed by atoms with Crippen molar-refractivity contribution in [1.29, 1.82) is 5.26 Å². The Kier molecular flexibility index (Phi) is 7.91. The van der Waals surface area contributed by atoms with Crippen LogP contribution < -0.4 is 10.6 Å². The van der Waals surface area contributed by atoms with Crippen LogP contribution in [0.4, 0.5) is 0 Å². The maximum absolute atomic E-state index is 14.4. The van der Waals surface area contributed by atoms with Crippen molar-refractivity contribution in [3.05, 3.63) is 35.5 Å². The fourth-order valence-corrected chi connectivity index (χ4v) is 10.2. The number of allylic oxidation sites excluding steroid dienone is 5. The summed E-state index contributed by atoms with van der Waals surface area (Å²) in [5.41, 5.74) is 1.68. The van der Waals surface area contributed by atoms with E-state index in [9.17, 15) is 19.6 Å². The molecule has 5 aliphatic carbocycles. The largest absolute Gasteiger partial charge is 0.355 e. The second-order valence-corrected chi connectivity index (χ2v) is 15.5. The van der Waals surface area contributed by atoms with E-state index in [1.54, 1.807) is 0 Å². The number of nitrogens with zero attached hydrogens (tertiary/aromatic N) is 1. The highest BCUT2D eigenvalue weighted by Crippen LogP contribution is 2.69. The number of nitriles is 1. The van der Waals surface area contributed by atoms with Crippen LogP contribution >= 0.6 is 0 Å². The van der Waals surface area contributed by atoms with Gasteiger partial charge in [-0.2, -0.15) is 5.26 Å². The van der Waals surface area contributed by atoms with Crippen molar-refractivity contribution < 1.29 is 14.4 Å². The summed E-state index contributed by atoms with van der Waals surface area (Å²) < 4.78 is 0. The van der Waals surface area contributed by atoms with Gasteiger partial charge in [0.1, 0.15) is 0 Å². The summed E-state index contributed by atoms with van der Waals surface area (Å²) in [6, 6.07) is 2.39. The van der Waals surface area contributed by atoms with E-state index in [4.69, 9.17) is 0 Å². The lowest BCUT2D eigenvalue weighted by Gasteiger charge is -2.64. The molecule has 6 heteroatoms. The van der Waals surface area contributed by atoms with Gasteiger partial charge >= 0.3 is 0 Å². The van der Waals surface area contributed by atoms with Gasteiger partial charge in [0.2, 0.25) is 11.8 Å². The van der Waals surface area contributed by atoms with Gasteiger partial charge in [-0.1, -0.05) is 66.2 Å². The lowest BCUT2D eigenvalue weighted by molar-refractivity contribution is -0.161. The summed E-state index contributed by atoms with van der Waals surface area (Å²) in [6.45, 7) is 18.3. The van der Waals surface area contributed by atoms with Gasteiger partial charge in [-0.25, -0.2) is 0 Å². The number of rotatable bonds is 6. The molecule has 2 N–H and O–H groups in total. The first kappa shape index (κ1) is 30.8. The molecule has 0 saturated heterocycles. The number of fused-ring (bicyclic) bond motifs is 7. The molecule has 3 fully saturated rings. The van der Waals surface area contributed by atoms with Crippen molar-refractivity contribution >= 4 is 17.6 Å². The molecule has 3 saturated carbocycles. The molecule has 0 aromatic heterocycles. The van der Waals surface area contributed by atoms with E-state index in [1.807, 2.05) is 6.08 Å². The number of carbonyl (C=O) groups is 3. The average molecular weight is 574 g/mol. The van der Waals surface area contributed by atoms with Crippen LogP contribution in [0.25, 0.3) is 0 Å². The van der Waals surface area contributed by atoms with E-state index in [0.717, 1.165) is 63.4 Å². The van der Waals surface area contributed by atoms with E-state index >= 15 is 0 Å². The van der Waals surface area contributed by atoms with Crippen molar-refractivity contribution in [2.24, 2.45) is 51.2 Å². The fraction of sp³-hybridized carbons (Fsp3) is 0.722. The molecule has 228 valence electrons. The number of unbranched alkanes of at least 4 members (excludes halogenated alkanes) is 1. The quantitative estimate of drug-likeness (QED) is 0.357. The van der Waals surface area contributed by atoms with Gasteiger partial charge in [0.25, 0.3) is 0 Å². The molecular formula is C36H51N3O3. The first-order valence-corrected chi connectivity index (χ1v) is 16.4. The van der Waals surface area contributed by atoms with Crippen molar-refractivity contribution in [2.75, 3.05) is 13.1 Å². The highest BCUT2D eigenvalue weighted by atomic mass is 16.2. The second-order valence-electron chi connectivity index (χ2n) is 15.5. The number of carbonyl (C=O) groups excluding carboxylic acids is 3. The average Bonchev–Trinajstić information content (AvgIpc) is 2.94. The lowest BCUT2D eigenvalue weighted by Crippen LogP contribution is -2.62. The summed E-state index contributed by atoms with van der Waals surface area (Å²) in [5.74, 6) is 0.386. The summed E-state index contributed by atoms with van der Waals surface area (Å²) in [4.78, 5) is 40.9. The van der Waals surface area contributed by atoms with Crippen LogP contribution in [0.1, 0.15) is 99.3 Å². The highest BCUT2D eigenvalue weighted by Gasteiger charge is 2.65. The van der Waals surface area contributed by atoms with E-state index in [-0.39, 0.29) is 64.1 Å². The predicted molar refractivity (Wildman–Crippen MR) is 165 cm³/mol. The second kappa shape index (κ2) is 10.8. The molecule has 0 spiro atoms. The highest BCUT2D eigenvalue weighted by molar-refractivity contribution is 5.96. The minimum Gasteiger partial charge on any atom is -0.355 e. The van der Waals surface area contributed by atoms with E-state index < -0.39 is 5.41 Å². The monoisotopic (exact) mass is 573 g/mol. The number of hydrogen-bond acceptors (Lipinski definition) is 4. The Morgan fingerprint density at radius 3 is 2.45 bits per heavy atom. The number of nitrogens with one attached hydrogen (secondary N) is 2. The molecule has 8 atom stereocenters. The maximum atomic E-state index is 14.4. The minimum atomic E-state index is -0.621. The zero-order valence-electron chi connectivity index (χ0n) is 26.7. The standard InChI is InChI=1S/C36H51N3O3/c1-8-9-16-38-30(41)21-39-32(42)36-13-11-26-31(27(36)19-33(4,5)14-15-36)28(40)17-29-34(26,6)12-10-25-23(3)22(2)24(20-37)18-35(25,29)7/h17-18,23,25-27,31H,2,8-16,19,21H2,1,3-7H3,(H,38,41)(H,39,42). The Balaban J connectivity index is 1.50. The Morgan fingerprint density at radius 1 is 1.05 bits per heavy atom. The maximum Gasteiger partial charge on any atom is 0.239 e. The van der Waals surface area contributed by atoms with Gasteiger partial charge < -0.3 is 10.6 Å². The summed E-state index contributed by atoms with van der Waals surface area (Å²) in [6.07, 6.45) is 12.1. The van der Waals surface area contributed by atoms with Crippen molar-refractivity contribution in [2.45, 2.75) is 99.3 Å². The van der Waals surface area contributed by atoms with Crippen molar-refractivity contribution in [1.82, 2.24) is 10.6 Å². The Labute approximate surface area is 252 Å². The first-order chi connectivity index (χ1) is 19.7. The number of hydrogen-bond donors (Lipinski definition) is 2. The third-order valence-electron chi connectivity index (χ3n) is 12.7. The molecule has 0 aromatic carbocycles. The summed E-state index contributed by atoms with van der Waals surface area (Å²) in [5, 5.41) is 15.9. The molecule has 42 heavy (non-hydrogen) atoms. The van der Waals surface area contributed by atoms with Crippen LogP contribution in [0, 0.1) is 62.6 Å². The molecule has 5 aliphatic rings. The summed E-state index contributed by atoms with van der Waals surface area (Å²) in [7, 11) is 0. The van der Waals surface area contributed by atoms with Crippen molar-refractivity contribution in [3.63, 3.8) is 0 Å². The third kappa shape index (κ3) is 4.70. The molecular weight excluding hydrogens is 522 g/mol. The van der Waals surface area contributed by atoms with E-state index in [0.29, 0.717) is 18.0 Å². The molecule has 8 unspecified atom stereocenters. The normalized spacial score (nSPS) is 40.2. The van der Waals surface area contributed by atoms with Crippen molar-refractivity contribution in [3.8, 4) is 6.07 Å². The van der Waals surface area contributed by atoms with Crippen LogP contribution in [0.2, 0.25) is 0 Å². The van der Waals surface area contributed by atoms with Crippen LogP contribution in [-0.4, -0.2) is 30.7 Å². The van der Waals surface area contributed by atoms with E-state index in [1.165, 1.54) is 5.57 Å². The zero-order valence-corrected chi connectivity index (χ0v) is 26.7. The topological polar surface area (TPSA) is 99.1 Å². The Bertz CT molecular complexity index is 1290. The molecule has 5 rings (SSSR count). The van der Waals surface area contributed by atoms with E-state index in [2.05, 4.69) is 70.9 Å². The number of amides is 2. The van der Waals surface area contributed by atoms with Crippen LogP contribution in [0.5, 0.6) is 0 Å².